The third-order valence-electron chi connectivity index (χ3n) is 8.32. The summed E-state index contributed by atoms with van der Waals surface area (Å²) in [5.41, 5.74) is 7.22. The second kappa shape index (κ2) is 9.88. The molecule has 0 unspecified atom stereocenters. The zero-order chi connectivity index (χ0) is 30.9. The second-order valence-corrected chi connectivity index (χ2v) is 11.3. The largest absolute Gasteiger partial charge is 0.506 e. The Morgan fingerprint density at radius 2 is 0.818 bits per heavy atom. The maximum absolute atomic E-state index is 13.6. The van der Waals surface area contributed by atoms with Crippen LogP contribution in [0.25, 0.3) is 22.3 Å². The number of phenols is 1. The number of imide groups is 2. The summed E-state index contributed by atoms with van der Waals surface area (Å²) in [6.45, 7) is 5.64. The molecule has 0 radical (unpaired) electrons. The standard InChI is InChI=1S/C37H26N2O5/c1-20-4-8-23(9-5-20)25-12-14-27-29(17-25)36(43)38(34(27)41)31-19-33(40)32(16-22(31)3)39-35(42)28-15-13-26(18-30(28)37(39)44)24-10-6-21(2)7-11-24/h4-19,40H,1-3H3. The van der Waals surface area contributed by atoms with E-state index in [1.54, 1.807) is 43.3 Å². The van der Waals surface area contributed by atoms with Crippen LogP contribution in [-0.4, -0.2) is 28.7 Å². The van der Waals surface area contributed by atoms with Crippen molar-refractivity contribution in [2.24, 2.45) is 0 Å². The fourth-order valence-electron chi connectivity index (χ4n) is 5.86. The first kappa shape index (κ1) is 27.0. The molecule has 44 heavy (non-hydrogen) atoms. The molecule has 7 rings (SSSR count). The number of nitrogens with zero attached hydrogens (tertiary/aromatic N) is 2. The Balaban J connectivity index is 1.21. The highest BCUT2D eigenvalue weighted by atomic mass is 16.3. The van der Waals surface area contributed by atoms with Gasteiger partial charge in [0.1, 0.15) is 5.75 Å². The Bertz CT molecular complexity index is 1930. The van der Waals surface area contributed by atoms with E-state index in [2.05, 4.69) is 0 Å². The monoisotopic (exact) mass is 578 g/mol. The smallest absolute Gasteiger partial charge is 0.266 e. The van der Waals surface area contributed by atoms with Gasteiger partial charge in [-0.25, -0.2) is 9.80 Å². The van der Waals surface area contributed by atoms with Crippen molar-refractivity contribution in [3.05, 3.63) is 136 Å². The number of anilines is 2. The molecule has 7 nitrogen and oxygen atoms in total. The molecule has 0 spiro atoms. The van der Waals surface area contributed by atoms with Crippen molar-refractivity contribution < 1.29 is 24.3 Å². The van der Waals surface area contributed by atoms with Gasteiger partial charge in [-0.1, -0.05) is 71.8 Å². The van der Waals surface area contributed by atoms with Crippen molar-refractivity contribution in [1.29, 1.82) is 0 Å². The number of aryl methyl sites for hydroxylation is 3. The molecule has 4 amide bonds. The van der Waals surface area contributed by atoms with Gasteiger partial charge in [0, 0.05) is 6.07 Å². The second-order valence-electron chi connectivity index (χ2n) is 11.3. The number of benzene rings is 5. The van der Waals surface area contributed by atoms with Crippen LogP contribution in [0.5, 0.6) is 5.75 Å². The number of rotatable bonds is 4. The van der Waals surface area contributed by atoms with E-state index in [4.69, 9.17) is 0 Å². The van der Waals surface area contributed by atoms with Gasteiger partial charge in [0.05, 0.1) is 33.6 Å². The zero-order valence-electron chi connectivity index (χ0n) is 24.2. The van der Waals surface area contributed by atoms with Crippen molar-refractivity contribution in [1.82, 2.24) is 0 Å². The van der Waals surface area contributed by atoms with E-state index in [1.807, 2.05) is 62.4 Å². The van der Waals surface area contributed by atoms with Crippen molar-refractivity contribution >= 4 is 35.0 Å². The molecule has 0 atom stereocenters. The molecule has 7 heteroatoms. The van der Waals surface area contributed by atoms with Gasteiger partial charge in [-0.05, 0) is 78.9 Å². The molecule has 0 bridgehead atoms. The Morgan fingerprint density at radius 3 is 1.27 bits per heavy atom. The van der Waals surface area contributed by atoms with E-state index in [1.165, 1.54) is 12.1 Å². The summed E-state index contributed by atoms with van der Waals surface area (Å²) in [5, 5.41) is 11.1. The molecule has 5 aromatic rings. The Labute approximate surface area is 253 Å². The Hall–Kier alpha value is -5.82. The van der Waals surface area contributed by atoms with Crippen molar-refractivity contribution in [3.63, 3.8) is 0 Å². The normalized spacial score (nSPS) is 14.0. The fourth-order valence-corrected chi connectivity index (χ4v) is 5.86. The molecule has 2 aliphatic rings. The fraction of sp³-hybridized carbons (Fsp3) is 0.0811. The average molecular weight is 579 g/mol. The predicted molar refractivity (Wildman–Crippen MR) is 168 cm³/mol. The zero-order valence-corrected chi connectivity index (χ0v) is 24.2. The van der Waals surface area contributed by atoms with Crippen molar-refractivity contribution in [2.75, 3.05) is 9.80 Å². The third-order valence-corrected chi connectivity index (χ3v) is 8.32. The van der Waals surface area contributed by atoms with Crippen LogP contribution < -0.4 is 9.80 Å². The van der Waals surface area contributed by atoms with Crippen LogP contribution in [0.15, 0.2) is 97.1 Å². The van der Waals surface area contributed by atoms with Gasteiger partial charge in [0.25, 0.3) is 23.6 Å². The molecule has 1 N–H and O–H groups in total. The first-order chi connectivity index (χ1) is 21.1. The van der Waals surface area contributed by atoms with E-state index in [0.29, 0.717) is 5.56 Å². The molecule has 0 aliphatic carbocycles. The van der Waals surface area contributed by atoms with Gasteiger partial charge in [-0.2, -0.15) is 0 Å². The highest BCUT2D eigenvalue weighted by molar-refractivity contribution is 6.36. The lowest BCUT2D eigenvalue weighted by atomic mass is 9.99. The predicted octanol–water partition coefficient (Wildman–Crippen LogP) is 7.25. The first-order valence-electron chi connectivity index (χ1n) is 14.2. The molecule has 0 fully saturated rings. The average Bonchev–Trinajstić information content (AvgIpc) is 3.42. The van der Waals surface area contributed by atoms with Crippen LogP contribution in [0.4, 0.5) is 11.4 Å². The van der Waals surface area contributed by atoms with E-state index in [9.17, 15) is 24.3 Å². The van der Waals surface area contributed by atoms with Gasteiger partial charge < -0.3 is 5.11 Å². The number of carbonyl (C=O) groups is 4. The van der Waals surface area contributed by atoms with Crippen molar-refractivity contribution in [3.8, 4) is 28.0 Å². The number of hydrogen-bond acceptors (Lipinski definition) is 5. The van der Waals surface area contributed by atoms with Crippen LogP contribution in [0.3, 0.4) is 0 Å². The minimum atomic E-state index is -0.564. The lowest BCUT2D eigenvalue weighted by Gasteiger charge is -2.21. The number of hydrogen-bond donors (Lipinski definition) is 1. The maximum Gasteiger partial charge on any atom is 0.266 e. The van der Waals surface area contributed by atoms with Gasteiger partial charge in [0.15, 0.2) is 0 Å². The van der Waals surface area contributed by atoms with Gasteiger partial charge >= 0.3 is 0 Å². The number of amides is 4. The Kier molecular flexibility index (Phi) is 6.07. The number of carbonyl (C=O) groups excluding carboxylic acids is 4. The minimum Gasteiger partial charge on any atom is -0.506 e. The summed E-state index contributed by atoms with van der Waals surface area (Å²) in [6, 6.07) is 28.7. The lowest BCUT2D eigenvalue weighted by Crippen LogP contribution is -2.31. The van der Waals surface area contributed by atoms with Crippen LogP contribution in [0, 0.1) is 20.8 Å². The highest BCUT2D eigenvalue weighted by Crippen LogP contribution is 2.41. The molecular formula is C37H26N2O5. The summed E-state index contributed by atoms with van der Waals surface area (Å²) < 4.78 is 0. The van der Waals surface area contributed by atoms with Crippen LogP contribution >= 0.6 is 0 Å². The van der Waals surface area contributed by atoms with E-state index in [0.717, 1.165) is 43.2 Å². The number of fused-ring (bicyclic) bond motifs is 2. The van der Waals surface area contributed by atoms with Gasteiger partial charge in [-0.3, -0.25) is 19.2 Å². The number of aromatic hydroxyl groups is 1. The van der Waals surface area contributed by atoms with Crippen LogP contribution in [-0.2, 0) is 0 Å². The van der Waals surface area contributed by atoms with E-state index >= 15 is 0 Å². The molecule has 2 aliphatic heterocycles. The summed E-state index contributed by atoms with van der Waals surface area (Å²) in [5.74, 6) is -2.56. The summed E-state index contributed by atoms with van der Waals surface area (Å²) >= 11 is 0. The molecule has 0 saturated carbocycles. The molecule has 214 valence electrons. The molecule has 2 heterocycles. The Morgan fingerprint density at radius 1 is 0.432 bits per heavy atom. The number of phenolic OH excluding ortho intramolecular Hbond substituents is 1. The minimum absolute atomic E-state index is 0.0207. The molecule has 0 aromatic heterocycles. The summed E-state index contributed by atoms with van der Waals surface area (Å²) in [6.07, 6.45) is 0. The first-order valence-corrected chi connectivity index (χ1v) is 14.2. The molecular weight excluding hydrogens is 552 g/mol. The van der Waals surface area contributed by atoms with Gasteiger partial charge in [0.2, 0.25) is 0 Å². The maximum atomic E-state index is 13.6. The third kappa shape index (κ3) is 4.13. The topological polar surface area (TPSA) is 95.0 Å². The summed E-state index contributed by atoms with van der Waals surface area (Å²) in [4.78, 5) is 55.9. The van der Waals surface area contributed by atoms with Crippen LogP contribution in [0.2, 0.25) is 0 Å². The van der Waals surface area contributed by atoms with E-state index < -0.39 is 29.4 Å². The van der Waals surface area contributed by atoms with Gasteiger partial charge in [-0.15, -0.1) is 0 Å². The van der Waals surface area contributed by atoms with E-state index in [-0.39, 0.29) is 33.6 Å². The molecule has 0 saturated heterocycles. The lowest BCUT2D eigenvalue weighted by molar-refractivity contribution is 0.0908. The SMILES string of the molecule is Cc1ccc(-c2ccc3c(c2)C(=O)N(c2cc(O)c(N4C(=O)c5ccc(-c6ccc(C)cc6)cc5C4=O)cc2C)C3=O)cc1. The van der Waals surface area contributed by atoms with Crippen molar-refractivity contribution in [2.45, 2.75) is 20.8 Å². The highest BCUT2D eigenvalue weighted by Gasteiger charge is 2.41. The summed E-state index contributed by atoms with van der Waals surface area (Å²) in [7, 11) is 0. The quantitative estimate of drug-likeness (QED) is 0.227. The van der Waals surface area contributed by atoms with Crippen LogP contribution in [0.1, 0.15) is 58.1 Å². The molecule has 5 aromatic carbocycles.